The zero-order chi connectivity index (χ0) is 19.4. The summed E-state index contributed by atoms with van der Waals surface area (Å²) in [6, 6.07) is 12.6. The van der Waals surface area contributed by atoms with Crippen LogP contribution in [0.25, 0.3) is 11.1 Å². The minimum Gasteiger partial charge on any atom is -0.481 e. The lowest BCUT2D eigenvalue weighted by Gasteiger charge is -2.08. The predicted molar refractivity (Wildman–Crippen MR) is 97.3 cm³/mol. The van der Waals surface area contributed by atoms with Crippen molar-refractivity contribution in [1.82, 2.24) is 9.97 Å². The van der Waals surface area contributed by atoms with Crippen LogP contribution in [0.15, 0.2) is 70.7 Å². The number of carboxylic acids is 1. The summed E-state index contributed by atoms with van der Waals surface area (Å²) in [6.07, 6.45) is 2.85. The molecule has 0 radical (unpaired) electrons. The molecule has 27 heavy (non-hydrogen) atoms. The van der Waals surface area contributed by atoms with Gasteiger partial charge in [0.1, 0.15) is 0 Å². The minimum absolute atomic E-state index is 0.0457. The summed E-state index contributed by atoms with van der Waals surface area (Å²) in [6.45, 7) is 0. The molecule has 0 aliphatic rings. The van der Waals surface area contributed by atoms with E-state index >= 15 is 0 Å². The highest BCUT2D eigenvalue weighted by molar-refractivity contribution is 7.91. The van der Waals surface area contributed by atoms with Gasteiger partial charge >= 0.3 is 12.0 Å². The monoisotopic (exact) mass is 384 g/mol. The fourth-order valence-corrected chi connectivity index (χ4v) is 3.92. The molecule has 1 aromatic heterocycles. The molecule has 0 saturated carbocycles. The number of carboxylic acid groups (broad SMARTS) is 1. The Morgan fingerprint density at radius 1 is 1.00 bits per heavy atom. The number of aromatic nitrogens is 2. The molecule has 0 aliphatic heterocycles. The van der Waals surface area contributed by atoms with Gasteiger partial charge in [0, 0.05) is 18.0 Å². The van der Waals surface area contributed by atoms with Crippen molar-refractivity contribution in [2.24, 2.45) is 0 Å². The van der Waals surface area contributed by atoms with Crippen LogP contribution in [0.5, 0.6) is 6.01 Å². The third kappa shape index (κ3) is 4.12. The molecule has 8 heteroatoms. The van der Waals surface area contributed by atoms with E-state index in [-0.39, 0.29) is 22.2 Å². The standard InChI is InChI=1S/C19H16N2O5S/c1-26-19-20-11-15(12-21-19)14-5-3-7-17(10-14)27(24,25)16-6-2-4-13(8-16)9-18(22)23/h2-8,10-12H,9H2,1H3,(H,22,23). The summed E-state index contributed by atoms with van der Waals surface area (Å²) in [5.74, 6) is -1.02. The van der Waals surface area contributed by atoms with Crippen molar-refractivity contribution in [3.63, 3.8) is 0 Å². The number of carbonyl (C=O) groups is 1. The summed E-state index contributed by atoms with van der Waals surface area (Å²) in [4.78, 5) is 19.1. The molecule has 138 valence electrons. The Morgan fingerprint density at radius 3 is 2.26 bits per heavy atom. The van der Waals surface area contributed by atoms with Gasteiger partial charge in [0.05, 0.1) is 23.3 Å². The Balaban J connectivity index is 1.99. The fourth-order valence-electron chi connectivity index (χ4n) is 2.55. The smallest absolute Gasteiger partial charge is 0.316 e. The van der Waals surface area contributed by atoms with E-state index in [0.717, 1.165) is 0 Å². The molecular weight excluding hydrogens is 368 g/mol. The molecule has 0 fully saturated rings. The highest BCUT2D eigenvalue weighted by Gasteiger charge is 2.19. The molecule has 3 rings (SSSR count). The molecule has 0 bridgehead atoms. The van der Waals surface area contributed by atoms with Crippen LogP contribution < -0.4 is 4.74 Å². The van der Waals surface area contributed by atoms with E-state index in [0.29, 0.717) is 16.7 Å². The number of nitrogens with zero attached hydrogens (tertiary/aromatic N) is 2. The van der Waals surface area contributed by atoms with Crippen LogP contribution in [0.2, 0.25) is 0 Å². The fraction of sp³-hybridized carbons (Fsp3) is 0.105. The van der Waals surface area contributed by atoms with Crippen molar-refractivity contribution in [2.75, 3.05) is 7.11 Å². The largest absolute Gasteiger partial charge is 0.481 e. The molecule has 2 aromatic carbocycles. The first-order valence-corrected chi connectivity index (χ1v) is 9.41. The Bertz CT molecular complexity index is 1080. The second-order valence-electron chi connectivity index (χ2n) is 5.71. The van der Waals surface area contributed by atoms with E-state index in [4.69, 9.17) is 9.84 Å². The van der Waals surface area contributed by atoms with Gasteiger partial charge in [0.2, 0.25) is 9.84 Å². The first-order chi connectivity index (χ1) is 12.9. The maximum Gasteiger partial charge on any atom is 0.316 e. The summed E-state index contributed by atoms with van der Waals surface area (Å²) in [7, 11) is -2.34. The summed E-state index contributed by atoms with van der Waals surface area (Å²) in [5.41, 5.74) is 1.70. The van der Waals surface area contributed by atoms with Crippen LogP contribution >= 0.6 is 0 Å². The van der Waals surface area contributed by atoms with Crippen molar-refractivity contribution >= 4 is 15.8 Å². The SMILES string of the molecule is COc1ncc(-c2cccc(S(=O)(=O)c3cccc(CC(=O)O)c3)c2)cn1. The molecule has 1 N–H and O–H groups in total. The number of aliphatic carboxylic acids is 1. The normalized spacial score (nSPS) is 11.1. The lowest BCUT2D eigenvalue weighted by molar-refractivity contribution is -0.136. The van der Waals surface area contributed by atoms with Crippen LogP contribution in [0.1, 0.15) is 5.56 Å². The lowest BCUT2D eigenvalue weighted by Crippen LogP contribution is -2.05. The van der Waals surface area contributed by atoms with Crippen LogP contribution in [-0.2, 0) is 21.1 Å². The van der Waals surface area contributed by atoms with Crippen LogP contribution in [0.4, 0.5) is 0 Å². The van der Waals surface area contributed by atoms with Gasteiger partial charge in [-0.1, -0.05) is 24.3 Å². The van der Waals surface area contributed by atoms with E-state index < -0.39 is 15.8 Å². The number of hydrogen-bond donors (Lipinski definition) is 1. The van der Waals surface area contributed by atoms with Crippen molar-refractivity contribution in [3.05, 3.63) is 66.5 Å². The number of rotatable bonds is 6. The first kappa shape index (κ1) is 18.5. The van der Waals surface area contributed by atoms with Gasteiger partial charge in [0.15, 0.2) is 0 Å². The first-order valence-electron chi connectivity index (χ1n) is 7.92. The van der Waals surface area contributed by atoms with Gasteiger partial charge < -0.3 is 9.84 Å². The molecule has 1 heterocycles. The van der Waals surface area contributed by atoms with E-state index in [2.05, 4.69) is 9.97 Å². The second-order valence-corrected chi connectivity index (χ2v) is 7.66. The van der Waals surface area contributed by atoms with E-state index in [1.165, 1.54) is 37.4 Å². The second kappa shape index (κ2) is 7.55. The minimum atomic E-state index is -3.80. The number of benzene rings is 2. The highest BCUT2D eigenvalue weighted by Crippen LogP contribution is 2.26. The summed E-state index contributed by atoms with van der Waals surface area (Å²) >= 11 is 0. The van der Waals surface area contributed by atoms with Gasteiger partial charge in [-0.2, -0.15) is 0 Å². The van der Waals surface area contributed by atoms with Crippen LogP contribution in [0.3, 0.4) is 0 Å². The zero-order valence-electron chi connectivity index (χ0n) is 14.4. The van der Waals surface area contributed by atoms with Gasteiger partial charge in [0.25, 0.3) is 0 Å². The van der Waals surface area contributed by atoms with E-state index in [9.17, 15) is 13.2 Å². The van der Waals surface area contributed by atoms with Gasteiger partial charge in [-0.05, 0) is 35.4 Å². The quantitative estimate of drug-likeness (QED) is 0.696. The third-order valence-electron chi connectivity index (χ3n) is 3.85. The average Bonchev–Trinajstić information content (AvgIpc) is 2.68. The topological polar surface area (TPSA) is 106 Å². The Labute approximate surface area is 156 Å². The predicted octanol–water partition coefficient (Wildman–Crippen LogP) is 2.61. The maximum absolute atomic E-state index is 13.0. The Morgan fingerprint density at radius 2 is 1.63 bits per heavy atom. The van der Waals surface area contributed by atoms with E-state index in [1.807, 2.05) is 0 Å². The molecular formula is C19H16N2O5S. The van der Waals surface area contributed by atoms with Crippen molar-refractivity contribution in [1.29, 1.82) is 0 Å². The van der Waals surface area contributed by atoms with Crippen LogP contribution in [-0.4, -0.2) is 36.6 Å². The lowest BCUT2D eigenvalue weighted by atomic mass is 10.1. The highest BCUT2D eigenvalue weighted by atomic mass is 32.2. The number of hydrogen-bond acceptors (Lipinski definition) is 6. The number of methoxy groups -OCH3 is 1. The average molecular weight is 384 g/mol. The molecule has 0 amide bonds. The maximum atomic E-state index is 13.0. The molecule has 0 atom stereocenters. The van der Waals surface area contributed by atoms with Crippen molar-refractivity contribution in [3.8, 4) is 17.1 Å². The van der Waals surface area contributed by atoms with Crippen molar-refractivity contribution < 1.29 is 23.1 Å². The van der Waals surface area contributed by atoms with Gasteiger partial charge in [-0.15, -0.1) is 0 Å². The van der Waals surface area contributed by atoms with Crippen LogP contribution in [0, 0.1) is 0 Å². The Kier molecular flexibility index (Phi) is 5.18. The molecule has 0 aliphatic carbocycles. The number of sulfone groups is 1. The Hall–Kier alpha value is -3.26. The van der Waals surface area contributed by atoms with Crippen molar-refractivity contribution in [2.45, 2.75) is 16.2 Å². The number of ether oxygens (including phenoxy) is 1. The molecule has 0 unspecified atom stereocenters. The zero-order valence-corrected chi connectivity index (χ0v) is 15.2. The molecule has 0 saturated heterocycles. The molecule has 0 spiro atoms. The van der Waals surface area contributed by atoms with Gasteiger partial charge in [-0.25, -0.2) is 18.4 Å². The molecule has 3 aromatic rings. The summed E-state index contributed by atoms with van der Waals surface area (Å²) < 4.78 is 30.8. The van der Waals surface area contributed by atoms with E-state index in [1.54, 1.807) is 30.6 Å². The van der Waals surface area contributed by atoms with Gasteiger partial charge in [-0.3, -0.25) is 4.79 Å². The summed E-state index contributed by atoms with van der Waals surface area (Å²) in [5, 5.41) is 8.91. The molecule has 7 nitrogen and oxygen atoms in total. The third-order valence-corrected chi connectivity index (χ3v) is 5.60.